The number of hydrogen-bond donors (Lipinski definition) is 1. The Morgan fingerprint density at radius 3 is 2.59 bits per heavy atom. The molecule has 1 heterocycles. The highest BCUT2D eigenvalue weighted by molar-refractivity contribution is 5.90. The highest BCUT2D eigenvalue weighted by atomic mass is 19.4. The van der Waals surface area contributed by atoms with Crippen molar-refractivity contribution < 1.29 is 22.8 Å². The number of nitrogens with one attached hydrogen (secondary N) is 1. The lowest BCUT2D eigenvalue weighted by Crippen LogP contribution is -2.50. The first-order chi connectivity index (χ1) is 7.88. The molecular weight excluding hydrogens is 237 g/mol. The van der Waals surface area contributed by atoms with Gasteiger partial charge in [-0.2, -0.15) is 13.2 Å². The summed E-state index contributed by atoms with van der Waals surface area (Å²) < 4.78 is 36.8. The summed E-state index contributed by atoms with van der Waals surface area (Å²) in [4.78, 5) is 23.3. The lowest BCUT2D eigenvalue weighted by atomic mass is 10.2. The zero-order valence-corrected chi connectivity index (χ0v) is 9.51. The molecule has 1 aliphatic rings. The van der Waals surface area contributed by atoms with E-state index in [0.717, 1.165) is 0 Å². The van der Waals surface area contributed by atoms with Gasteiger partial charge in [0.2, 0.25) is 5.91 Å². The van der Waals surface area contributed by atoms with E-state index in [9.17, 15) is 22.8 Å². The summed E-state index contributed by atoms with van der Waals surface area (Å²) in [6, 6.07) is -0.976. The van der Waals surface area contributed by atoms with Gasteiger partial charge in [-0.05, 0) is 19.3 Å². The fourth-order valence-corrected chi connectivity index (χ4v) is 1.81. The molecule has 0 saturated carbocycles. The molecule has 0 aliphatic carbocycles. The summed E-state index contributed by atoms with van der Waals surface area (Å²) in [5.41, 5.74) is 0. The van der Waals surface area contributed by atoms with Crippen molar-refractivity contribution in [1.82, 2.24) is 10.2 Å². The quantitative estimate of drug-likeness (QED) is 0.816. The van der Waals surface area contributed by atoms with E-state index in [0.29, 0.717) is 24.3 Å². The van der Waals surface area contributed by atoms with Crippen LogP contribution in [0.4, 0.5) is 13.2 Å². The SMILES string of the molecule is CCCNC(=O)C1CCCN1C(=O)C(F)(F)F. The summed E-state index contributed by atoms with van der Waals surface area (Å²) in [6.45, 7) is 2.24. The first-order valence-electron chi connectivity index (χ1n) is 5.53. The number of hydrogen-bond acceptors (Lipinski definition) is 2. The molecule has 1 N–H and O–H groups in total. The average Bonchev–Trinajstić information content (AvgIpc) is 2.72. The van der Waals surface area contributed by atoms with Gasteiger partial charge in [-0.3, -0.25) is 9.59 Å². The third-order valence-electron chi connectivity index (χ3n) is 2.61. The molecule has 98 valence electrons. The van der Waals surface area contributed by atoms with Crippen LogP contribution in [0.25, 0.3) is 0 Å². The molecule has 1 fully saturated rings. The van der Waals surface area contributed by atoms with Gasteiger partial charge in [0.05, 0.1) is 0 Å². The van der Waals surface area contributed by atoms with Crippen LogP contribution in [0.15, 0.2) is 0 Å². The normalized spacial score (nSPS) is 20.5. The van der Waals surface area contributed by atoms with E-state index in [2.05, 4.69) is 5.32 Å². The third-order valence-corrected chi connectivity index (χ3v) is 2.61. The molecule has 0 aromatic heterocycles. The van der Waals surface area contributed by atoms with Crippen LogP contribution in [-0.4, -0.2) is 42.0 Å². The molecule has 7 heteroatoms. The van der Waals surface area contributed by atoms with E-state index in [4.69, 9.17) is 0 Å². The Morgan fingerprint density at radius 1 is 1.41 bits per heavy atom. The van der Waals surface area contributed by atoms with Crippen molar-refractivity contribution in [3.63, 3.8) is 0 Å². The van der Waals surface area contributed by atoms with Gasteiger partial charge in [-0.25, -0.2) is 0 Å². The van der Waals surface area contributed by atoms with Gasteiger partial charge >= 0.3 is 12.1 Å². The van der Waals surface area contributed by atoms with Gasteiger partial charge in [0.15, 0.2) is 0 Å². The highest BCUT2D eigenvalue weighted by Gasteiger charge is 2.47. The van der Waals surface area contributed by atoms with E-state index in [1.165, 1.54) is 0 Å². The van der Waals surface area contributed by atoms with Gasteiger partial charge in [-0.1, -0.05) is 6.92 Å². The Morgan fingerprint density at radius 2 is 2.06 bits per heavy atom. The molecule has 1 saturated heterocycles. The van der Waals surface area contributed by atoms with Gasteiger partial charge in [0.25, 0.3) is 0 Å². The standard InChI is InChI=1S/C10H15F3N2O2/c1-2-5-14-8(16)7-4-3-6-15(7)9(17)10(11,12)13/h7H,2-6H2,1H3,(H,14,16). The summed E-state index contributed by atoms with van der Waals surface area (Å²) in [5, 5.41) is 2.51. The Bertz CT molecular complexity index is 304. The van der Waals surface area contributed by atoms with Crippen LogP contribution in [0.2, 0.25) is 0 Å². The van der Waals surface area contributed by atoms with Crippen LogP contribution in [0.1, 0.15) is 26.2 Å². The Hall–Kier alpha value is -1.27. The minimum atomic E-state index is -4.91. The van der Waals surface area contributed by atoms with Crippen molar-refractivity contribution in [1.29, 1.82) is 0 Å². The molecule has 1 atom stereocenters. The number of halogens is 3. The molecule has 1 unspecified atom stereocenters. The molecule has 0 aromatic carbocycles. The second-order valence-corrected chi connectivity index (χ2v) is 3.95. The molecule has 0 spiro atoms. The van der Waals surface area contributed by atoms with Crippen molar-refractivity contribution >= 4 is 11.8 Å². The second kappa shape index (κ2) is 5.37. The summed E-state index contributed by atoms with van der Waals surface area (Å²) in [5.74, 6) is -2.42. The molecule has 2 amide bonds. The van der Waals surface area contributed by atoms with E-state index in [1.54, 1.807) is 0 Å². The van der Waals surface area contributed by atoms with E-state index in [1.807, 2.05) is 6.92 Å². The average molecular weight is 252 g/mol. The maximum Gasteiger partial charge on any atom is 0.471 e. The molecule has 1 aliphatic heterocycles. The first kappa shape index (κ1) is 13.8. The zero-order valence-electron chi connectivity index (χ0n) is 9.51. The van der Waals surface area contributed by atoms with Gasteiger partial charge in [0.1, 0.15) is 6.04 Å². The van der Waals surface area contributed by atoms with Crippen molar-refractivity contribution in [3.8, 4) is 0 Å². The van der Waals surface area contributed by atoms with E-state index < -0.39 is 24.0 Å². The topological polar surface area (TPSA) is 49.4 Å². The number of nitrogens with zero attached hydrogens (tertiary/aromatic N) is 1. The first-order valence-corrected chi connectivity index (χ1v) is 5.53. The molecule has 0 radical (unpaired) electrons. The van der Waals surface area contributed by atoms with Crippen molar-refractivity contribution in [2.45, 2.75) is 38.4 Å². The van der Waals surface area contributed by atoms with Gasteiger partial charge in [0, 0.05) is 13.1 Å². The Balaban J connectivity index is 2.66. The number of rotatable bonds is 3. The van der Waals surface area contributed by atoms with Gasteiger partial charge < -0.3 is 10.2 Å². The molecule has 0 aromatic rings. The highest BCUT2D eigenvalue weighted by Crippen LogP contribution is 2.25. The zero-order chi connectivity index (χ0) is 13.1. The number of likely N-dealkylation sites (tertiary alicyclic amines) is 1. The maximum atomic E-state index is 12.3. The monoisotopic (exact) mass is 252 g/mol. The van der Waals surface area contributed by atoms with Crippen LogP contribution >= 0.6 is 0 Å². The fourth-order valence-electron chi connectivity index (χ4n) is 1.81. The largest absolute Gasteiger partial charge is 0.471 e. The molecule has 4 nitrogen and oxygen atoms in total. The predicted molar refractivity (Wildman–Crippen MR) is 54.1 cm³/mol. The number of carbonyl (C=O) groups is 2. The summed E-state index contributed by atoms with van der Waals surface area (Å²) in [7, 11) is 0. The summed E-state index contributed by atoms with van der Waals surface area (Å²) in [6.07, 6.45) is -3.50. The van der Waals surface area contributed by atoms with Crippen LogP contribution in [0.3, 0.4) is 0 Å². The van der Waals surface area contributed by atoms with E-state index in [-0.39, 0.29) is 13.0 Å². The Kier molecular flexibility index (Phi) is 4.36. The molecule has 17 heavy (non-hydrogen) atoms. The minimum absolute atomic E-state index is 0.0114. The minimum Gasteiger partial charge on any atom is -0.354 e. The molecule has 0 bridgehead atoms. The summed E-state index contributed by atoms with van der Waals surface area (Å²) >= 11 is 0. The fraction of sp³-hybridized carbons (Fsp3) is 0.800. The lowest BCUT2D eigenvalue weighted by Gasteiger charge is -2.24. The van der Waals surface area contributed by atoms with Crippen molar-refractivity contribution in [2.75, 3.05) is 13.1 Å². The third kappa shape index (κ3) is 3.34. The Labute approximate surface area is 97.1 Å². The van der Waals surface area contributed by atoms with Crippen molar-refractivity contribution in [2.24, 2.45) is 0 Å². The second-order valence-electron chi connectivity index (χ2n) is 3.95. The van der Waals surface area contributed by atoms with Crippen molar-refractivity contribution in [3.05, 3.63) is 0 Å². The van der Waals surface area contributed by atoms with E-state index >= 15 is 0 Å². The van der Waals surface area contributed by atoms with Crippen LogP contribution in [-0.2, 0) is 9.59 Å². The van der Waals surface area contributed by atoms with Crippen LogP contribution in [0.5, 0.6) is 0 Å². The molecular formula is C10H15F3N2O2. The number of alkyl halides is 3. The van der Waals surface area contributed by atoms with Crippen LogP contribution in [0, 0.1) is 0 Å². The number of carbonyl (C=O) groups excluding carboxylic acids is 2. The lowest BCUT2D eigenvalue weighted by molar-refractivity contribution is -0.186. The molecule has 1 rings (SSSR count). The number of amides is 2. The van der Waals surface area contributed by atoms with Gasteiger partial charge in [-0.15, -0.1) is 0 Å². The smallest absolute Gasteiger partial charge is 0.354 e. The van der Waals surface area contributed by atoms with Crippen LogP contribution < -0.4 is 5.32 Å². The predicted octanol–water partition coefficient (Wildman–Crippen LogP) is 1.07. The maximum absolute atomic E-state index is 12.3.